The number of halogens is 2. The van der Waals surface area contributed by atoms with Gasteiger partial charge >= 0.3 is 0 Å². The van der Waals surface area contributed by atoms with Gasteiger partial charge in [-0.2, -0.15) is 5.10 Å². The molecule has 2 aliphatic rings. The zero-order chi connectivity index (χ0) is 17.8. The van der Waals surface area contributed by atoms with E-state index in [0.29, 0.717) is 28.4 Å². The maximum Gasteiger partial charge on any atom is 0.272 e. The Morgan fingerprint density at radius 3 is 2.81 bits per heavy atom. The maximum absolute atomic E-state index is 14.1. The normalized spacial score (nSPS) is 24.2. The zero-order valence-corrected chi connectivity index (χ0v) is 14.4. The van der Waals surface area contributed by atoms with Crippen molar-refractivity contribution in [2.24, 2.45) is 0 Å². The summed E-state index contributed by atoms with van der Waals surface area (Å²) in [6, 6.07) is 10.1. The van der Waals surface area contributed by atoms with Crippen molar-refractivity contribution < 1.29 is 9.13 Å². The van der Waals surface area contributed by atoms with Crippen LogP contribution in [0.15, 0.2) is 41.2 Å². The Balaban J connectivity index is 1.81. The van der Waals surface area contributed by atoms with Crippen LogP contribution in [0.4, 0.5) is 10.1 Å². The van der Waals surface area contributed by atoms with Crippen LogP contribution in [-0.4, -0.2) is 29.0 Å². The van der Waals surface area contributed by atoms with Crippen molar-refractivity contribution in [2.75, 3.05) is 11.9 Å². The second kappa shape index (κ2) is 5.79. The van der Waals surface area contributed by atoms with Gasteiger partial charge in [0.15, 0.2) is 0 Å². The lowest BCUT2D eigenvalue weighted by Gasteiger charge is -2.42. The van der Waals surface area contributed by atoms with Crippen LogP contribution in [0.2, 0.25) is 5.02 Å². The average molecular weight is 372 g/mol. The Hall–Kier alpha value is -2.44. The van der Waals surface area contributed by atoms with Crippen molar-refractivity contribution >= 4 is 28.1 Å². The molecule has 2 N–H and O–H groups in total. The number of anilines is 1. The molecule has 0 saturated carbocycles. The van der Waals surface area contributed by atoms with Gasteiger partial charge in [0.1, 0.15) is 5.82 Å². The van der Waals surface area contributed by atoms with Crippen molar-refractivity contribution in [3.8, 4) is 0 Å². The molecule has 0 bridgehead atoms. The molecule has 2 aromatic carbocycles. The molecule has 0 spiro atoms. The van der Waals surface area contributed by atoms with Gasteiger partial charge < -0.3 is 10.1 Å². The predicted molar refractivity (Wildman–Crippen MR) is 97.4 cm³/mol. The molecule has 3 aromatic rings. The lowest BCUT2D eigenvalue weighted by Crippen LogP contribution is -2.48. The van der Waals surface area contributed by atoms with E-state index in [1.54, 1.807) is 0 Å². The summed E-state index contributed by atoms with van der Waals surface area (Å²) >= 11 is 6.48. The number of rotatable bonds is 2. The third-order valence-electron chi connectivity index (χ3n) is 5.23. The molecule has 5 rings (SSSR count). The van der Waals surface area contributed by atoms with Gasteiger partial charge in [-0.1, -0.05) is 29.8 Å². The molecule has 3 unspecified atom stereocenters. The van der Waals surface area contributed by atoms with E-state index in [1.807, 2.05) is 24.3 Å². The molecule has 0 amide bonds. The second-order valence-corrected chi connectivity index (χ2v) is 7.09. The van der Waals surface area contributed by atoms with E-state index in [2.05, 4.69) is 15.5 Å². The monoisotopic (exact) mass is 371 g/mol. The standard InChI is InChI=1S/C19H15ClFN3O2/c20-12-4-2-1-3-10(12)16-17(14-5-6-26-14)22-13-8-9(21)7-11-15(13)18(16)23-24-19(11)25/h1-4,7-8,14,16-17,22H,5-6H2,(H,24,25). The SMILES string of the molecule is O=c1[nH]nc2c3c(cc(F)cc13)NC(C1CCO1)C2c1ccccc1Cl. The fraction of sp³-hybridized carbons (Fsp3) is 0.263. The smallest absolute Gasteiger partial charge is 0.272 e. The number of benzene rings is 2. The molecule has 3 heterocycles. The Labute approximate surface area is 153 Å². The molecule has 1 fully saturated rings. The van der Waals surface area contributed by atoms with Gasteiger partial charge in [0.2, 0.25) is 0 Å². The molecule has 3 atom stereocenters. The quantitative estimate of drug-likeness (QED) is 0.724. The highest BCUT2D eigenvalue weighted by Crippen LogP contribution is 2.44. The van der Waals surface area contributed by atoms with Crippen molar-refractivity contribution in [3.05, 3.63) is 68.8 Å². The summed E-state index contributed by atoms with van der Waals surface area (Å²) in [5.41, 5.74) is 1.74. The number of H-pyrrole nitrogens is 1. The van der Waals surface area contributed by atoms with Crippen LogP contribution in [0.1, 0.15) is 23.6 Å². The number of nitrogens with zero attached hydrogens (tertiary/aromatic N) is 1. The van der Waals surface area contributed by atoms with E-state index in [4.69, 9.17) is 16.3 Å². The van der Waals surface area contributed by atoms with E-state index >= 15 is 0 Å². The van der Waals surface area contributed by atoms with E-state index in [1.165, 1.54) is 12.1 Å². The number of hydrogen-bond acceptors (Lipinski definition) is 4. The molecule has 132 valence electrons. The molecule has 1 aromatic heterocycles. The molecule has 2 aliphatic heterocycles. The summed E-state index contributed by atoms with van der Waals surface area (Å²) in [4.78, 5) is 12.2. The van der Waals surface area contributed by atoms with Gasteiger partial charge in [-0.05, 0) is 30.2 Å². The lowest BCUT2D eigenvalue weighted by molar-refractivity contribution is -0.0632. The highest BCUT2D eigenvalue weighted by Gasteiger charge is 2.42. The van der Waals surface area contributed by atoms with E-state index < -0.39 is 11.4 Å². The summed E-state index contributed by atoms with van der Waals surface area (Å²) in [6.07, 6.45) is 0.868. The van der Waals surface area contributed by atoms with Crippen LogP contribution >= 0.6 is 11.6 Å². The molecule has 26 heavy (non-hydrogen) atoms. The Kier molecular flexibility index (Phi) is 3.52. The van der Waals surface area contributed by atoms with Crippen LogP contribution in [-0.2, 0) is 4.74 Å². The van der Waals surface area contributed by atoms with Crippen molar-refractivity contribution in [3.63, 3.8) is 0 Å². The molecule has 7 heteroatoms. The average Bonchev–Trinajstić information content (AvgIpc) is 2.57. The fourth-order valence-electron chi connectivity index (χ4n) is 3.97. The van der Waals surface area contributed by atoms with Gasteiger partial charge in [-0.25, -0.2) is 9.49 Å². The minimum absolute atomic E-state index is 0.0310. The molecular formula is C19H15ClFN3O2. The van der Waals surface area contributed by atoms with Crippen molar-refractivity contribution in [1.29, 1.82) is 0 Å². The largest absolute Gasteiger partial charge is 0.378 e. The van der Waals surface area contributed by atoms with Crippen molar-refractivity contribution in [1.82, 2.24) is 10.2 Å². The molecular weight excluding hydrogens is 357 g/mol. The molecule has 1 saturated heterocycles. The Morgan fingerprint density at radius 2 is 2.08 bits per heavy atom. The topological polar surface area (TPSA) is 67.0 Å². The van der Waals surface area contributed by atoms with Crippen LogP contribution in [0.25, 0.3) is 10.8 Å². The van der Waals surface area contributed by atoms with Gasteiger partial charge in [0.25, 0.3) is 5.56 Å². The number of ether oxygens (including phenoxy) is 1. The third kappa shape index (κ3) is 2.26. The zero-order valence-electron chi connectivity index (χ0n) is 13.6. The lowest BCUT2D eigenvalue weighted by atomic mass is 9.79. The molecule has 0 aliphatic carbocycles. The third-order valence-corrected chi connectivity index (χ3v) is 5.58. The highest BCUT2D eigenvalue weighted by atomic mass is 35.5. The number of aromatic amines is 1. The van der Waals surface area contributed by atoms with Crippen molar-refractivity contribution in [2.45, 2.75) is 24.5 Å². The first-order valence-corrected chi connectivity index (χ1v) is 8.85. The first-order chi connectivity index (χ1) is 12.6. The summed E-state index contributed by atoms with van der Waals surface area (Å²) in [5, 5.41) is 11.8. The Morgan fingerprint density at radius 1 is 1.27 bits per heavy atom. The van der Waals surface area contributed by atoms with E-state index in [0.717, 1.165) is 12.0 Å². The van der Waals surface area contributed by atoms with Crippen LogP contribution < -0.4 is 10.9 Å². The molecule has 5 nitrogen and oxygen atoms in total. The first kappa shape index (κ1) is 15.8. The van der Waals surface area contributed by atoms with Gasteiger partial charge in [0.05, 0.1) is 29.1 Å². The summed E-state index contributed by atoms with van der Waals surface area (Å²) in [6.45, 7) is 0.697. The maximum atomic E-state index is 14.1. The number of aromatic nitrogens is 2. The fourth-order valence-corrected chi connectivity index (χ4v) is 4.23. The second-order valence-electron chi connectivity index (χ2n) is 6.68. The van der Waals surface area contributed by atoms with Crippen LogP contribution in [0, 0.1) is 5.82 Å². The number of hydrogen-bond donors (Lipinski definition) is 2. The highest BCUT2D eigenvalue weighted by molar-refractivity contribution is 6.31. The molecule has 0 radical (unpaired) electrons. The minimum atomic E-state index is -0.466. The minimum Gasteiger partial charge on any atom is -0.378 e. The van der Waals surface area contributed by atoms with Crippen LogP contribution in [0.3, 0.4) is 0 Å². The summed E-state index contributed by atoms with van der Waals surface area (Å²) < 4.78 is 19.8. The van der Waals surface area contributed by atoms with E-state index in [-0.39, 0.29) is 23.4 Å². The number of nitrogens with one attached hydrogen (secondary N) is 2. The predicted octanol–water partition coefficient (Wildman–Crippen LogP) is 3.43. The van der Waals surface area contributed by atoms with Gasteiger partial charge in [0, 0.05) is 22.7 Å². The first-order valence-electron chi connectivity index (χ1n) is 8.48. The summed E-state index contributed by atoms with van der Waals surface area (Å²) in [5.74, 6) is -0.682. The summed E-state index contributed by atoms with van der Waals surface area (Å²) in [7, 11) is 0. The van der Waals surface area contributed by atoms with Gasteiger partial charge in [-0.15, -0.1) is 0 Å². The van der Waals surface area contributed by atoms with E-state index in [9.17, 15) is 9.18 Å². The van der Waals surface area contributed by atoms with Crippen LogP contribution in [0.5, 0.6) is 0 Å². The Bertz CT molecular complexity index is 1080. The van der Waals surface area contributed by atoms with Gasteiger partial charge in [-0.3, -0.25) is 4.79 Å².